The highest BCUT2D eigenvalue weighted by molar-refractivity contribution is 7.13. The fraction of sp³-hybridized carbons (Fsp3) is 0.238. The van der Waals surface area contributed by atoms with E-state index in [2.05, 4.69) is 10.3 Å². The van der Waals surface area contributed by atoms with Gasteiger partial charge in [-0.25, -0.2) is 0 Å². The van der Waals surface area contributed by atoms with Crippen molar-refractivity contribution in [3.63, 3.8) is 0 Å². The number of nitrogens with zero attached hydrogens (tertiary/aromatic N) is 1. The largest absolute Gasteiger partial charge is 0.361 e. The summed E-state index contributed by atoms with van der Waals surface area (Å²) in [5, 5.41) is 4.83. The van der Waals surface area contributed by atoms with Crippen molar-refractivity contribution in [3.8, 4) is 0 Å². The van der Waals surface area contributed by atoms with Crippen molar-refractivity contribution < 1.29 is 4.79 Å². The normalized spacial score (nSPS) is 11.3. The van der Waals surface area contributed by atoms with Gasteiger partial charge in [-0.2, -0.15) is 0 Å². The fourth-order valence-electron chi connectivity index (χ4n) is 3.24. The zero-order valence-corrected chi connectivity index (χ0v) is 15.7. The van der Waals surface area contributed by atoms with E-state index in [4.69, 9.17) is 0 Å². The summed E-state index contributed by atoms with van der Waals surface area (Å²) >= 11 is 1.51. The Hall–Kier alpha value is -2.86. The Labute approximate surface area is 160 Å². The van der Waals surface area contributed by atoms with E-state index < -0.39 is 0 Å². The second kappa shape index (κ2) is 7.80. The average Bonchev–Trinajstić information content (AvgIpc) is 3.26. The number of amides is 1. The standard InChI is InChI=1S/C21H21N3O2S/c25-20(23-16-9-10-18-15(14-16)11-12-22-18)8-2-1-5-13-24-21(26)17-6-3-4-7-19(17)27-24/h3-4,6-7,9-12,14,22H,1-2,5,8,13H2,(H,23,25). The number of fused-ring (bicyclic) bond motifs is 2. The Kier molecular flexibility index (Phi) is 5.07. The first kappa shape index (κ1) is 17.5. The number of nitrogens with one attached hydrogen (secondary N) is 2. The summed E-state index contributed by atoms with van der Waals surface area (Å²) in [7, 11) is 0. The predicted octanol–water partition coefficient (Wildman–Crippen LogP) is 4.74. The van der Waals surface area contributed by atoms with Crippen molar-refractivity contribution in [1.29, 1.82) is 0 Å². The van der Waals surface area contributed by atoms with Gasteiger partial charge in [0.25, 0.3) is 5.56 Å². The number of carbonyl (C=O) groups is 1. The van der Waals surface area contributed by atoms with E-state index in [-0.39, 0.29) is 11.5 Å². The maximum absolute atomic E-state index is 12.3. The zero-order valence-electron chi connectivity index (χ0n) is 14.9. The molecule has 6 heteroatoms. The summed E-state index contributed by atoms with van der Waals surface area (Å²) in [6.45, 7) is 0.712. The molecule has 4 aromatic rings. The zero-order chi connectivity index (χ0) is 18.6. The van der Waals surface area contributed by atoms with E-state index in [0.29, 0.717) is 13.0 Å². The molecule has 0 atom stereocenters. The predicted molar refractivity (Wildman–Crippen MR) is 111 cm³/mol. The van der Waals surface area contributed by atoms with Crippen molar-refractivity contribution >= 4 is 44.1 Å². The third-order valence-corrected chi connectivity index (χ3v) is 5.78. The molecule has 0 aliphatic heterocycles. The molecule has 2 aromatic carbocycles. The number of benzene rings is 2. The molecule has 4 rings (SSSR count). The number of carbonyl (C=O) groups excluding carboxylic acids is 1. The van der Waals surface area contributed by atoms with Crippen LogP contribution < -0.4 is 10.9 Å². The molecule has 5 nitrogen and oxygen atoms in total. The molecule has 0 fully saturated rings. The topological polar surface area (TPSA) is 66.9 Å². The third kappa shape index (κ3) is 3.95. The van der Waals surface area contributed by atoms with Crippen LogP contribution >= 0.6 is 11.5 Å². The number of aromatic nitrogens is 2. The number of H-pyrrole nitrogens is 1. The summed E-state index contributed by atoms with van der Waals surface area (Å²) in [5.41, 5.74) is 1.97. The van der Waals surface area contributed by atoms with Crippen LogP contribution in [0.1, 0.15) is 25.7 Å². The number of hydrogen-bond donors (Lipinski definition) is 2. The van der Waals surface area contributed by atoms with Crippen LogP contribution in [0, 0.1) is 0 Å². The van der Waals surface area contributed by atoms with E-state index in [1.807, 2.05) is 58.7 Å². The smallest absolute Gasteiger partial charge is 0.268 e. The molecule has 27 heavy (non-hydrogen) atoms. The minimum absolute atomic E-state index is 0.0314. The lowest BCUT2D eigenvalue weighted by molar-refractivity contribution is -0.116. The van der Waals surface area contributed by atoms with Gasteiger partial charge in [0.1, 0.15) is 0 Å². The lowest BCUT2D eigenvalue weighted by Gasteiger charge is -2.06. The molecular weight excluding hydrogens is 358 g/mol. The molecule has 0 aliphatic carbocycles. The molecule has 2 aromatic heterocycles. The molecule has 0 spiro atoms. The van der Waals surface area contributed by atoms with Gasteiger partial charge < -0.3 is 10.3 Å². The van der Waals surface area contributed by atoms with Gasteiger partial charge in [-0.3, -0.25) is 13.5 Å². The van der Waals surface area contributed by atoms with Crippen LogP contribution in [0.2, 0.25) is 0 Å². The number of hydrogen-bond acceptors (Lipinski definition) is 3. The van der Waals surface area contributed by atoms with Gasteiger partial charge >= 0.3 is 0 Å². The van der Waals surface area contributed by atoms with Gasteiger partial charge in [-0.05, 0) is 49.2 Å². The van der Waals surface area contributed by atoms with E-state index in [9.17, 15) is 9.59 Å². The number of aryl methyl sites for hydroxylation is 1. The van der Waals surface area contributed by atoms with Crippen molar-refractivity contribution in [2.75, 3.05) is 5.32 Å². The fourth-order valence-corrected chi connectivity index (χ4v) is 4.27. The highest BCUT2D eigenvalue weighted by atomic mass is 32.1. The molecule has 0 saturated heterocycles. The van der Waals surface area contributed by atoms with Gasteiger partial charge in [-0.15, -0.1) is 0 Å². The summed E-state index contributed by atoms with van der Waals surface area (Å²) in [6, 6.07) is 15.5. The Morgan fingerprint density at radius 1 is 1.07 bits per heavy atom. The second-order valence-electron chi connectivity index (χ2n) is 6.63. The molecular formula is C21H21N3O2S. The van der Waals surface area contributed by atoms with Crippen molar-refractivity contribution in [2.24, 2.45) is 0 Å². The van der Waals surface area contributed by atoms with Crippen LogP contribution in [0.15, 0.2) is 59.5 Å². The van der Waals surface area contributed by atoms with Crippen LogP contribution in [-0.2, 0) is 11.3 Å². The molecule has 2 heterocycles. The Morgan fingerprint density at radius 2 is 1.96 bits per heavy atom. The summed E-state index contributed by atoms with van der Waals surface area (Å²) < 4.78 is 2.85. The molecule has 0 aliphatic rings. The van der Waals surface area contributed by atoms with E-state index in [0.717, 1.165) is 45.9 Å². The van der Waals surface area contributed by atoms with Gasteiger partial charge in [0.15, 0.2) is 0 Å². The highest BCUT2D eigenvalue weighted by Crippen LogP contribution is 2.19. The lowest BCUT2D eigenvalue weighted by Crippen LogP contribution is -2.13. The monoisotopic (exact) mass is 379 g/mol. The van der Waals surface area contributed by atoms with Crippen LogP contribution in [-0.4, -0.2) is 14.8 Å². The second-order valence-corrected chi connectivity index (χ2v) is 7.70. The summed E-state index contributed by atoms with van der Waals surface area (Å²) in [5.74, 6) is 0.0314. The lowest BCUT2D eigenvalue weighted by atomic mass is 10.1. The van der Waals surface area contributed by atoms with Crippen LogP contribution in [0.5, 0.6) is 0 Å². The number of anilines is 1. The van der Waals surface area contributed by atoms with Crippen LogP contribution in [0.25, 0.3) is 21.0 Å². The molecule has 0 saturated carbocycles. The third-order valence-electron chi connectivity index (χ3n) is 4.65. The van der Waals surface area contributed by atoms with Gasteiger partial charge in [0.05, 0.1) is 10.1 Å². The molecule has 138 valence electrons. The number of unbranched alkanes of at least 4 members (excludes halogenated alkanes) is 2. The van der Waals surface area contributed by atoms with Crippen molar-refractivity contribution in [1.82, 2.24) is 8.94 Å². The average molecular weight is 379 g/mol. The first-order chi connectivity index (χ1) is 13.2. The van der Waals surface area contributed by atoms with E-state index in [1.54, 1.807) is 0 Å². The van der Waals surface area contributed by atoms with Gasteiger partial charge in [0.2, 0.25) is 5.91 Å². The van der Waals surface area contributed by atoms with Crippen molar-refractivity contribution in [3.05, 3.63) is 65.1 Å². The van der Waals surface area contributed by atoms with E-state index >= 15 is 0 Å². The van der Waals surface area contributed by atoms with Crippen LogP contribution in [0.4, 0.5) is 5.69 Å². The maximum atomic E-state index is 12.3. The van der Waals surface area contributed by atoms with Gasteiger partial charge in [-0.1, -0.05) is 30.1 Å². The summed E-state index contributed by atoms with van der Waals surface area (Å²) in [6.07, 6.45) is 5.02. The first-order valence-electron chi connectivity index (χ1n) is 9.16. The SMILES string of the molecule is O=C(CCCCCn1sc2ccccc2c1=O)Nc1ccc2[nH]ccc2c1. The molecule has 0 bridgehead atoms. The Bertz CT molecular complexity index is 1140. The minimum atomic E-state index is 0.0314. The first-order valence-corrected chi connectivity index (χ1v) is 9.94. The quantitative estimate of drug-likeness (QED) is 0.455. The van der Waals surface area contributed by atoms with E-state index in [1.165, 1.54) is 11.5 Å². The molecule has 0 radical (unpaired) electrons. The van der Waals surface area contributed by atoms with Gasteiger partial charge in [0, 0.05) is 35.8 Å². The number of rotatable bonds is 7. The molecule has 1 amide bonds. The van der Waals surface area contributed by atoms with Crippen molar-refractivity contribution in [2.45, 2.75) is 32.2 Å². The summed E-state index contributed by atoms with van der Waals surface area (Å²) in [4.78, 5) is 27.5. The maximum Gasteiger partial charge on any atom is 0.268 e. The van der Waals surface area contributed by atoms with Crippen LogP contribution in [0.3, 0.4) is 0 Å². The molecule has 0 unspecified atom stereocenters. The number of aromatic amines is 1. The Morgan fingerprint density at radius 3 is 2.85 bits per heavy atom. The minimum Gasteiger partial charge on any atom is -0.361 e. The molecule has 2 N–H and O–H groups in total. The Balaban J connectivity index is 1.23. The highest BCUT2D eigenvalue weighted by Gasteiger charge is 2.07.